The van der Waals surface area contributed by atoms with E-state index < -0.39 is 0 Å². The van der Waals surface area contributed by atoms with Crippen LogP contribution < -0.4 is 10.5 Å². The lowest BCUT2D eigenvalue weighted by molar-refractivity contribution is 0.0748. The Labute approximate surface area is 122 Å². The maximum absolute atomic E-state index is 12.5. The molecule has 5 nitrogen and oxygen atoms in total. The van der Waals surface area contributed by atoms with Crippen molar-refractivity contribution >= 4 is 11.6 Å². The molecule has 2 aromatic carbocycles. The van der Waals surface area contributed by atoms with E-state index >= 15 is 0 Å². The second kappa shape index (κ2) is 5.01. The van der Waals surface area contributed by atoms with Crippen molar-refractivity contribution in [1.82, 2.24) is 4.90 Å². The van der Waals surface area contributed by atoms with Gasteiger partial charge in [0.15, 0.2) is 0 Å². The Morgan fingerprint density at radius 3 is 2.67 bits per heavy atom. The molecule has 0 spiro atoms. The third-order valence-corrected chi connectivity index (χ3v) is 3.68. The van der Waals surface area contributed by atoms with Gasteiger partial charge in [-0.1, -0.05) is 6.07 Å². The van der Waals surface area contributed by atoms with Crippen LogP contribution in [0.1, 0.15) is 21.5 Å². The molecule has 1 aliphatic heterocycles. The first kappa shape index (κ1) is 13.3. The molecule has 1 aliphatic rings. The van der Waals surface area contributed by atoms with Gasteiger partial charge in [-0.3, -0.25) is 4.79 Å². The Balaban J connectivity index is 1.85. The van der Waals surface area contributed by atoms with E-state index in [-0.39, 0.29) is 17.2 Å². The molecule has 21 heavy (non-hydrogen) atoms. The van der Waals surface area contributed by atoms with E-state index in [1.807, 2.05) is 18.2 Å². The highest BCUT2D eigenvalue weighted by molar-refractivity contribution is 5.97. The highest BCUT2D eigenvalue weighted by Gasteiger charge is 2.26. The van der Waals surface area contributed by atoms with Crippen molar-refractivity contribution < 1.29 is 14.6 Å². The van der Waals surface area contributed by atoms with Gasteiger partial charge >= 0.3 is 0 Å². The number of phenols is 1. The molecule has 1 amide bonds. The van der Waals surface area contributed by atoms with Crippen molar-refractivity contribution in [2.75, 3.05) is 12.8 Å². The fourth-order valence-electron chi connectivity index (χ4n) is 2.55. The number of benzene rings is 2. The number of nitrogen functional groups attached to an aromatic ring is 1. The number of carbonyl (C=O) groups is 1. The predicted molar refractivity (Wildman–Crippen MR) is 79.1 cm³/mol. The Bertz CT molecular complexity index is 713. The Hall–Kier alpha value is -2.69. The summed E-state index contributed by atoms with van der Waals surface area (Å²) in [6, 6.07) is 10.3. The molecule has 0 bridgehead atoms. The van der Waals surface area contributed by atoms with Crippen LogP contribution in [0.5, 0.6) is 11.5 Å². The van der Waals surface area contributed by atoms with E-state index in [1.165, 1.54) is 13.2 Å². The zero-order chi connectivity index (χ0) is 15.0. The molecule has 3 rings (SSSR count). The van der Waals surface area contributed by atoms with Gasteiger partial charge in [0.2, 0.25) is 0 Å². The van der Waals surface area contributed by atoms with Crippen LogP contribution in [0, 0.1) is 0 Å². The number of hydrogen-bond donors (Lipinski definition) is 2. The van der Waals surface area contributed by atoms with Crippen LogP contribution in [-0.4, -0.2) is 23.0 Å². The van der Waals surface area contributed by atoms with E-state index in [0.29, 0.717) is 24.5 Å². The summed E-state index contributed by atoms with van der Waals surface area (Å²) >= 11 is 0. The number of amides is 1. The van der Waals surface area contributed by atoms with Crippen molar-refractivity contribution in [1.29, 1.82) is 0 Å². The number of rotatable bonds is 2. The number of phenolic OH excluding ortho intramolecular Hbond substituents is 1. The van der Waals surface area contributed by atoms with Crippen LogP contribution in [0.2, 0.25) is 0 Å². The van der Waals surface area contributed by atoms with Crippen LogP contribution in [0.25, 0.3) is 0 Å². The summed E-state index contributed by atoms with van der Waals surface area (Å²) in [6.45, 7) is 1.03. The number of carbonyl (C=O) groups excluding carboxylic acids is 1. The average molecular weight is 284 g/mol. The van der Waals surface area contributed by atoms with Crippen molar-refractivity contribution in [3.8, 4) is 11.5 Å². The second-order valence-corrected chi connectivity index (χ2v) is 5.07. The number of anilines is 1. The lowest BCUT2D eigenvalue weighted by Gasteiger charge is -2.16. The summed E-state index contributed by atoms with van der Waals surface area (Å²) < 4.78 is 5.02. The molecule has 0 radical (unpaired) electrons. The van der Waals surface area contributed by atoms with Crippen LogP contribution in [0.3, 0.4) is 0 Å². The van der Waals surface area contributed by atoms with Gasteiger partial charge in [0.1, 0.15) is 11.5 Å². The molecule has 0 aromatic heterocycles. The molecule has 0 saturated carbocycles. The van der Waals surface area contributed by atoms with E-state index in [4.69, 9.17) is 10.5 Å². The number of nitrogens with zero attached hydrogens (tertiary/aromatic N) is 1. The summed E-state index contributed by atoms with van der Waals surface area (Å²) in [6.07, 6.45) is 0. The number of nitrogens with two attached hydrogens (primary N) is 1. The number of ether oxygens (including phenoxy) is 1. The first-order valence-electron chi connectivity index (χ1n) is 6.62. The van der Waals surface area contributed by atoms with Gasteiger partial charge in [-0.15, -0.1) is 0 Å². The predicted octanol–water partition coefficient (Wildman–Crippen LogP) is 2.14. The molecule has 2 aromatic rings. The highest BCUT2D eigenvalue weighted by Crippen LogP contribution is 2.29. The molecule has 5 heteroatoms. The first-order chi connectivity index (χ1) is 10.1. The summed E-state index contributed by atoms with van der Waals surface area (Å²) in [4.78, 5) is 14.2. The molecule has 0 fully saturated rings. The van der Waals surface area contributed by atoms with Crippen molar-refractivity contribution in [3.63, 3.8) is 0 Å². The van der Waals surface area contributed by atoms with Crippen LogP contribution in [0.4, 0.5) is 5.69 Å². The van der Waals surface area contributed by atoms with Crippen molar-refractivity contribution in [3.05, 3.63) is 53.1 Å². The standard InChI is InChI=1S/C16H16N2O3/c1-21-13-4-5-14(15(19)7-13)16(20)18-8-10-2-3-12(17)6-11(10)9-18/h2-7,19H,8-9,17H2,1H3. The molecule has 0 unspecified atom stereocenters. The van der Waals surface area contributed by atoms with Crippen molar-refractivity contribution in [2.24, 2.45) is 0 Å². The fraction of sp³-hybridized carbons (Fsp3) is 0.188. The van der Waals surface area contributed by atoms with Gasteiger partial charge in [0, 0.05) is 24.8 Å². The van der Waals surface area contributed by atoms with Gasteiger partial charge in [-0.25, -0.2) is 0 Å². The Kier molecular flexibility index (Phi) is 3.17. The molecular formula is C16H16N2O3. The van der Waals surface area contributed by atoms with Crippen molar-refractivity contribution in [2.45, 2.75) is 13.1 Å². The molecule has 0 atom stereocenters. The largest absolute Gasteiger partial charge is 0.507 e. The minimum absolute atomic E-state index is 0.0742. The van der Waals surface area contributed by atoms with E-state index in [9.17, 15) is 9.90 Å². The summed E-state index contributed by atoms with van der Waals surface area (Å²) in [7, 11) is 1.51. The summed E-state index contributed by atoms with van der Waals surface area (Å²) in [5.74, 6) is 0.237. The Morgan fingerprint density at radius 2 is 1.95 bits per heavy atom. The van der Waals surface area contributed by atoms with E-state index in [2.05, 4.69) is 0 Å². The fourth-order valence-corrected chi connectivity index (χ4v) is 2.55. The molecular weight excluding hydrogens is 268 g/mol. The topological polar surface area (TPSA) is 75.8 Å². The van der Waals surface area contributed by atoms with Gasteiger partial charge in [-0.2, -0.15) is 0 Å². The second-order valence-electron chi connectivity index (χ2n) is 5.07. The zero-order valence-electron chi connectivity index (χ0n) is 11.7. The first-order valence-corrected chi connectivity index (χ1v) is 6.62. The van der Waals surface area contributed by atoms with E-state index in [1.54, 1.807) is 17.0 Å². The van der Waals surface area contributed by atoms with Gasteiger partial charge in [0.25, 0.3) is 5.91 Å². The number of aromatic hydroxyl groups is 1. The maximum atomic E-state index is 12.5. The van der Waals surface area contributed by atoms with Crippen LogP contribution >= 0.6 is 0 Å². The zero-order valence-corrected chi connectivity index (χ0v) is 11.7. The smallest absolute Gasteiger partial charge is 0.258 e. The molecule has 0 saturated heterocycles. The normalized spacial score (nSPS) is 13.1. The number of fused-ring (bicyclic) bond motifs is 1. The number of methoxy groups -OCH3 is 1. The van der Waals surface area contributed by atoms with Gasteiger partial charge in [0.05, 0.1) is 12.7 Å². The van der Waals surface area contributed by atoms with Gasteiger partial charge in [-0.05, 0) is 35.4 Å². The number of hydrogen-bond acceptors (Lipinski definition) is 4. The molecule has 3 N–H and O–H groups in total. The van der Waals surface area contributed by atoms with Crippen LogP contribution in [0.15, 0.2) is 36.4 Å². The third-order valence-electron chi connectivity index (χ3n) is 3.68. The lowest BCUT2D eigenvalue weighted by atomic mass is 10.1. The highest BCUT2D eigenvalue weighted by atomic mass is 16.5. The average Bonchev–Trinajstić information content (AvgIpc) is 2.89. The molecule has 1 heterocycles. The van der Waals surface area contributed by atoms with Gasteiger partial charge < -0.3 is 20.5 Å². The van der Waals surface area contributed by atoms with Crippen LogP contribution in [-0.2, 0) is 13.1 Å². The monoisotopic (exact) mass is 284 g/mol. The maximum Gasteiger partial charge on any atom is 0.258 e. The Morgan fingerprint density at radius 1 is 1.19 bits per heavy atom. The minimum atomic E-state index is -0.204. The molecule has 108 valence electrons. The lowest BCUT2D eigenvalue weighted by Crippen LogP contribution is -2.25. The van der Waals surface area contributed by atoms with E-state index in [0.717, 1.165) is 11.1 Å². The SMILES string of the molecule is COc1ccc(C(=O)N2Cc3ccc(N)cc3C2)c(O)c1. The third kappa shape index (κ3) is 2.38. The summed E-state index contributed by atoms with van der Waals surface area (Å²) in [5.41, 5.74) is 8.87. The summed E-state index contributed by atoms with van der Waals surface area (Å²) in [5, 5.41) is 9.97. The quantitative estimate of drug-likeness (QED) is 0.828. The minimum Gasteiger partial charge on any atom is -0.507 e. The molecule has 0 aliphatic carbocycles.